The summed E-state index contributed by atoms with van der Waals surface area (Å²) in [6.07, 6.45) is 3.17. The normalized spacial score (nSPS) is 10.5. The van der Waals surface area contributed by atoms with Crippen molar-refractivity contribution in [2.45, 2.75) is 25.7 Å². The van der Waals surface area contributed by atoms with Gasteiger partial charge < -0.3 is 14.2 Å². The van der Waals surface area contributed by atoms with Gasteiger partial charge in [0.2, 0.25) is 5.12 Å². The molecule has 0 heterocycles. The Kier molecular flexibility index (Phi) is 9.69. The molecule has 7 heteroatoms. The fraction of sp³-hybridized carbons (Fsp3) is 0.192. The third kappa shape index (κ3) is 8.82. The van der Waals surface area contributed by atoms with Crippen LogP contribution >= 0.6 is 11.8 Å². The van der Waals surface area contributed by atoms with Crippen LogP contribution in [0, 0.1) is 6.92 Å². The minimum absolute atomic E-state index is 0.127. The van der Waals surface area contributed by atoms with Gasteiger partial charge in [-0.25, -0.2) is 9.59 Å². The van der Waals surface area contributed by atoms with Crippen molar-refractivity contribution in [3.8, 4) is 11.5 Å². The number of benzene rings is 2. The molecule has 0 aliphatic carbocycles. The summed E-state index contributed by atoms with van der Waals surface area (Å²) in [6.45, 7) is 12.4. The van der Waals surface area contributed by atoms with Crippen LogP contribution in [0.1, 0.15) is 25.0 Å². The number of rotatable bonds is 10. The maximum atomic E-state index is 12.3. The fourth-order valence-corrected chi connectivity index (χ4v) is 3.15. The van der Waals surface area contributed by atoms with Gasteiger partial charge in [0.25, 0.3) is 0 Å². The fourth-order valence-electron chi connectivity index (χ4n) is 2.41. The van der Waals surface area contributed by atoms with Crippen molar-refractivity contribution in [3.63, 3.8) is 0 Å². The molecule has 0 unspecified atom stereocenters. The van der Waals surface area contributed by atoms with Crippen LogP contribution in [-0.2, 0) is 19.1 Å². The molecule has 0 spiro atoms. The Morgan fingerprint density at radius 1 is 0.939 bits per heavy atom. The number of hydrogen-bond donors (Lipinski definition) is 0. The second-order valence-corrected chi connectivity index (χ2v) is 8.26. The van der Waals surface area contributed by atoms with Gasteiger partial charge >= 0.3 is 11.9 Å². The summed E-state index contributed by atoms with van der Waals surface area (Å²) in [5.74, 6) is 0.132. The van der Waals surface area contributed by atoms with Gasteiger partial charge in [-0.1, -0.05) is 31.4 Å². The summed E-state index contributed by atoms with van der Waals surface area (Å²) in [7, 11) is 0. The molecule has 0 N–H and O–H groups in total. The Hall–Kier alpha value is -3.58. The van der Waals surface area contributed by atoms with E-state index >= 15 is 0 Å². The average Bonchev–Trinajstić information content (AvgIpc) is 2.77. The van der Waals surface area contributed by atoms with Crippen molar-refractivity contribution in [2.24, 2.45) is 0 Å². The summed E-state index contributed by atoms with van der Waals surface area (Å²) in [6, 6.07) is 12.2. The van der Waals surface area contributed by atoms with Gasteiger partial charge in [0.15, 0.2) is 0 Å². The molecule has 2 aromatic rings. The third-order valence-electron chi connectivity index (χ3n) is 4.14. The number of thioether (sulfide) groups is 1. The van der Waals surface area contributed by atoms with E-state index in [9.17, 15) is 14.4 Å². The summed E-state index contributed by atoms with van der Waals surface area (Å²) in [5.41, 5.74) is 2.32. The molecule has 0 saturated carbocycles. The molecule has 2 aromatic carbocycles. The van der Waals surface area contributed by atoms with Crippen molar-refractivity contribution in [3.05, 3.63) is 84.0 Å². The standard InChI is InChI=1S/C26H26O6S/c1-17(2)25(28)31-15-14-30-23-12-11-22(16-19(23)5)33-24(27)13-8-20-6-9-21(10-7-20)32-26(29)18(3)4/h6-13,16H,1,3,14-15H2,2,4-5H3/b13-8+. The van der Waals surface area contributed by atoms with Crippen LogP contribution in [0.2, 0.25) is 0 Å². The monoisotopic (exact) mass is 466 g/mol. The number of carbonyl (C=O) groups excluding carboxylic acids is 3. The van der Waals surface area contributed by atoms with Crippen molar-refractivity contribution in [1.82, 2.24) is 0 Å². The molecular formula is C26H26O6S. The first-order valence-electron chi connectivity index (χ1n) is 10.1. The molecule has 0 aliphatic heterocycles. The van der Waals surface area contributed by atoms with Crippen LogP contribution in [0.15, 0.2) is 77.7 Å². The van der Waals surface area contributed by atoms with E-state index in [-0.39, 0.29) is 18.3 Å². The predicted molar refractivity (Wildman–Crippen MR) is 129 cm³/mol. The van der Waals surface area contributed by atoms with Crippen LogP contribution < -0.4 is 9.47 Å². The molecule has 0 amide bonds. The number of esters is 2. The molecule has 0 bridgehead atoms. The van der Waals surface area contributed by atoms with Crippen molar-refractivity contribution < 1.29 is 28.6 Å². The van der Waals surface area contributed by atoms with Crippen LogP contribution in [0.25, 0.3) is 6.08 Å². The van der Waals surface area contributed by atoms with E-state index in [1.165, 1.54) is 6.08 Å². The highest BCUT2D eigenvalue weighted by atomic mass is 32.2. The van der Waals surface area contributed by atoms with Gasteiger partial charge in [0.1, 0.15) is 24.7 Å². The lowest BCUT2D eigenvalue weighted by Crippen LogP contribution is -2.12. The van der Waals surface area contributed by atoms with E-state index in [2.05, 4.69) is 13.2 Å². The molecule has 33 heavy (non-hydrogen) atoms. The van der Waals surface area contributed by atoms with Gasteiger partial charge in [-0.2, -0.15) is 0 Å². The Balaban J connectivity index is 1.86. The summed E-state index contributed by atoms with van der Waals surface area (Å²) >= 11 is 1.10. The number of ether oxygens (including phenoxy) is 3. The molecule has 0 atom stereocenters. The van der Waals surface area contributed by atoms with E-state index in [1.807, 2.05) is 13.0 Å². The van der Waals surface area contributed by atoms with Crippen molar-refractivity contribution >= 4 is 34.9 Å². The molecule has 0 saturated heterocycles. The number of carbonyl (C=O) groups is 3. The SMILES string of the molecule is C=C(C)C(=O)OCCOc1ccc(SC(=O)/C=C/c2ccc(OC(=O)C(=C)C)cc2)cc1C. The molecule has 0 aliphatic rings. The molecule has 2 rings (SSSR count). The minimum atomic E-state index is -0.484. The summed E-state index contributed by atoms with van der Waals surface area (Å²) in [4.78, 5) is 36.0. The number of aryl methyl sites for hydroxylation is 1. The van der Waals surface area contributed by atoms with E-state index in [4.69, 9.17) is 14.2 Å². The predicted octanol–water partition coefficient (Wildman–Crippen LogP) is 5.31. The second-order valence-electron chi connectivity index (χ2n) is 7.19. The van der Waals surface area contributed by atoms with E-state index in [0.29, 0.717) is 22.6 Å². The quantitative estimate of drug-likeness (QED) is 0.154. The van der Waals surface area contributed by atoms with Gasteiger partial charge in [-0.05, 0) is 80.1 Å². The Bertz CT molecular complexity index is 1080. The molecule has 0 aromatic heterocycles. The second kappa shape index (κ2) is 12.5. The molecule has 0 fully saturated rings. The summed E-state index contributed by atoms with van der Waals surface area (Å²) < 4.78 is 15.8. The lowest BCUT2D eigenvalue weighted by Gasteiger charge is -2.10. The van der Waals surface area contributed by atoms with Gasteiger partial charge in [0, 0.05) is 16.0 Å². The third-order valence-corrected chi connectivity index (χ3v) is 4.97. The van der Waals surface area contributed by atoms with Gasteiger partial charge in [0.05, 0.1) is 0 Å². The first-order chi connectivity index (χ1) is 15.7. The topological polar surface area (TPSA) is 78.9 Å². The zero-order valence-electron chi connectivity index (χ0n) is 18.9. The smallest absolute Gasteiger partial charge is 0.338 e. The average molecular weight is 467 g/mol. The van der Waals surface area contributed by atoms with Gasteiger partial charge in [-0.3, -0.25) is 4.79 Å². The maximum Gasteiger partial charge on any atom is 0.338 e. The Morgan fingerprint density at radius 2 is 1.61 bits per heavy atom. The minimum Gasteiger partial charge on any atom is -0.490 e. The van der Waals surface area contributed by atoms with Crippen molar-refractivity contribution in [1.29, 1.82) is 0 Å². The first kappa shape index (κ1) is 25.7. The molecule has 0 radical (unpaired) electrons. The highest BCUT2D eigenvalue weighted by Crippen LogP contribution is 2.26. The highest BCUT2D eigenvalue weighted by molar-refractivity contribution is 8.14. The van der Waals surface area contributed by atoms with Crippen LogP contribution in [0.4, 0.5) is 0 Å². The molecule has 6 nitrogen and oxygen atoms in total. The van der Waals surface area contributed by atoms with Crippen LogP contribution in [0.5, 0.6) is 11.5 Å². The highest BCUT2D eigenvalue weighted by Gasteiger charge is 2.08. The van der Waals surface area contributed by atoms with E-state index in [1.54, 1.807) is 56.3 Å². The van der Waals surface area contributed by atoms with E-state index < -0.39 is 11.9 Å². The van der Waals surface area contributed by atoms with E-state index in [0.717, 1.165) is 27.8 Å². The largest absolute Gasteiger partial charge is 0.490 e. The Labute approximate surface area is 197 Å². The zero-order valence-corrected chi connectivity index (χ0v) is 19.7. The summed E-state index contributed by atoms with van der Waals surface area (Å²) in [5, 5.41) is -0.132. The van der Waals surface area contributed by atoms with Crippen molar-refractivity contribution in [2.75, 3.05) is 13.2 Å². The van der Waals surface area contributed by atoms with Crippen LogP contribution in [0.3, 0.4) is 0 Å². The van der Waals surface area contributed by atoms with Crippen LogP contribution in [-0.4, -0.2) is 30.3 Å². The molecular weight excluding hydrogens is 440 g/mol. The molecule has 172 valence electrons. The first-order valence-corrected chi connectivity index (χ1v) is 10.9. The Morgan fingerprint density at radius 3 is 2.21 bits per heavy atom. The lowest BCUT2D eigenvalue weighted by molar-refractivity contribution is -0.139. The number of hydrogen-bond acceptors (Lipinski definition) is 7. The van der Waals surface area contributed by atoms with Gasteiger partial charge in [-0.15, -0.1) is 0 Å². The maximum absolute atomic E-state index is 12.3. The zero-order chi connectivity index (χ0) is 24.4. The lowest BCUT2D eigenvalue weighted by atomic mass is 10.2.